The molecule has 4 unspecified atom stereocenters. The summed E-state index contributed by atoms with van der Waals surface area (Å²) in [4.78, 5) is 22.1. The fraction of sp³-hybridized carbons (Fsp3) is 0.515. The van der Waals surface area contributed by atoms with Crippen LogP contribution in [0.2, 0.25) is 0 Å². The number of anilines is 1. The first-order chi connectivity index (χ1) is 19.8. The van der Waals surface area contributed by atoms with Crippen LogP contribution in [-0.4, -0.2) is 73.1 Å². The number of benzene rings is 2. The van der Waals surface area contributed by atoms with E-state index in [1.807, 2.05) is 54.7 Å². The summed E-state index contributed by atoms with van der Waals surface area (Å²) in [6.45, 7) is 12.1. The number of ether oxygens (including phenoxy) is 1. The van der Waals surface area contributed by atoms with Gasteiger partial charge < -0.3 is 15.0 Å². The SMILES string of the molecule is CN=C(Nc1ccc(C(=O)N2C=Cc3cc(OC)ccc3C2)cc1)NN1CCN(C2CC3CC(C2C)C3(C)C)CC1. The maximum Gasteiger partial charge on any atom is 0.258 e. The quantitative estimate of drug-likeness (QED) is 0.403. The Morgan fingerprint density at radius 3 is 2.46 bits per heavy atom. The number of rotatable bonds is 5. The van der Waals surface area contributed by atoms with E-state index >= 15 is 0 Å². The molecule has 7 rings (SSSR count). The standard InChI is InChI=1S/C33H44N6O2/c1-22-29-19-26(33(29,2)3)20-30(22)37-14-16-39(17-15-37)36-32(34-4)35-27-9-6-23(7-10-27)31(40)38-13-12-24-18-28(41-5)11-8-25(24)21-38/h6-13,18,22,26,29-30H,14-17,19-21H2,1-5H3,(H2,34,35,36). The molecule has 2 aliphatic heterocycles. The highest BCUT2D eigenvalue weighted by Crippen LogP contribution is 2.62. The summed E-state index contributed by atoms with van der Waals surface area (Å²) in [5, 5.41) is 5.64. The van der Waals surface area contributed by atoms with Gasteiger partial charge in [-0.3, -0.25) is 20.1 Å². The van der Waals surface area contributed by atoms with Crippen molar-refractivity contribution in [1.29, 1.82) is 0 Å². The molecule has 2 aromatic rings. The molecular formula is C33H44N6O2. The number of amides is 1. The number of fused-ring (bicyclic) bond motifs is 3. The second-order valence-corrected chi connectivity index (χ2v) is 12.7. The predicted octanol–water partition coefficient (Wildman–Crippen LogP) is 4.91. The van der Waals surface area contributed by atoms with Gasteiger partial charge in [0.1, 0.15) is 5.75 Å². The molecule has 3 saturated carbocycles. The summed E-state index contributed by atoms with van der Waals surface area (Å²) >= 11 is 0. The van der Waals surface area contributed by atoms with Crippen LogP contribution in [0.25, 0.3) is 6.08 Å². The Hall–Kier alpha value is -3.36. The van der Waals surface area contributed by atoms with Gasteiger partial charge in [0.2, 0.25) is 5.96 Å². The molecule has 2 heterocycles. The third-order valence-electron chi connectivity index (χ3n) is 10.4. The Labute approximate surface area is 244 Å². The van der Waals surface area contributed by atoms with E-state index < -0.39 is 0 Å². The molecule has 2 aromatic carbocycles. The van der Waals surface area contributed by atoms with E-state index in [0.717, 1.165) is 72.5 Å². The number of nitrogens with one attached hydrogen (secondary N) is 2. The molecule has 3 aliphatic carbocycles. The highest BCUT2D eigenvalue weighted by Gasteiger charge is 2.57. The molecule has 0 spiro atoms. The van der Waals surface area contributed by atoms with Crippen molar-refractivity contribution >= 4 is 23.6 Å². The second kappa shape index (κ2) is 11.1. The van der Waals surface area contributed by atoms with Crippen molar-refractivity contribution < 1.29 is 9.53 Å². The van der Waals surface area contributed by atoms with Crippen molar-refractivity contribution in [3.63, 3.8) is 0 Å². The average Bonchev–Trinajstić information content (AvgIpc) is 3.00. The number of piperazine rings is 1. The second-order valence-electron chi connectivity index (χ2n) is 12.7. The van der Waals surface area contributed by atoms with E-state index in [0.29, 0.717) is 23.5 Å². The van der Waals surface area contributed by atoms with Crippen molar-refractivity contribution in [2.75, 3.05) is 45.7 Å². The van der Waals surface area contributed by atoms with Crippen molar-refractivity contribution in [2.45, 2.75) is 46.2 Å². The van der Waals surface area contributed by atoms with Crippen LogP contribution in [0.15, 0.2) is 53.7 Å². The number of hydrogen-bond acceptors (Lipinski definition) is 5. The summed E-state index contributed by atoms with van der Waals surface area (Å²) in [6, 6.07) is 14.3. The van der Waals surface area contributed by atoms with Crippen LogP contribution in [0.5, 0.6) is 5.75 Å². The van der Waals surface area contributed by atoms with E-state index in [1.165, 1.54) is 12.8 Å². The van der Waals surface area contributed by atoms with Gasteiger partial charge in [0, 0.05) is 56.7 Å². The van der Waals surface area contributed by atoms with Gasteiger partial charge in [-0.25, -0.2) is 5.01 Å². The van der Waals surface area contributed by atoms with Gasteiger partial charge in [0.05, 0.1) is 13.7 Å². The highest BCUT2D eigenvalue weighted by atomic mass is 16.5. The van der Waals surface area contributed by atoms with Crippen molar-refractivity contribution in [3.8, 4) is 5.75 Å². The smallest absolute Gasteiger partial charge is 0.258 e. The summed E-state index contributed by atoms with van der Waals surface area (Å²) in [7, 11) is 3.45. The lowest BCUT2D eigenvalue weighted by Crippen LogP contribution is -2.64. The van der Waals surface area contributed by atoms with E-state index in [9.17, 15) is 4.79 Å². The van der Waals surface area contributed by atoms with Gasteiger partial charge in [-0.15, -0.1) is 0 Å². The van der Waals surface area contributed by atoms with Crippen molar-refractivity contribution in [3.05, 3.63) is 65.4 Å². The lowest BCUT2D eigenvalue weighted by molar-refractivity contribution is -0.143. The van der Waals surface area contributed by atoms with E-state index in [2.05, 4.69) is 46.4 Å². The number of hydrazine groups is 1. The van der Waals surface area contributed by atoms with Gasteiger partial charge >= 0.3 is 0 Å². The highest BCUT2D eigenvalue weighted by molar-refractivity contribution is 5.97. The fourth-order valence-corrected chi connectivity index (χ4v) is 7.60. The number of guanidine groups is 1. The van der Waals surface area contributed by atoms with E-state index in [4.69, 9.17) is 4.74 Å². The zero-order valence-electron chi connectivity index (χ0n) is 25.1. The first kappa shape index (κ1) is 27.8. The van der Waals surface area contributed by atoms with Gasteiger partial charge in [-0.05, 0) is 89.6 Å². The predicted molar refractivity (Wildman–Crippen MR) is 165 cm³/mol. The molecule has 4 atom stereocenters. The number of methoxy groups -OCH3 is 1. The van der Waals surface area contributed by atoms with Gasteiger partial charge in [0.25, 0.3) is 5.91 Å². The minimum Gasteiger partial charge on any atom is -0.497 e. The Bertz CT molecular complexity index is 1330. The zero-order chi connectivity index (χ0) is 28.7. The molecule has 2 N–H and O–H groups in total. The Morgan fingerprint density at radius 2 is 1.80 bits per heavy atom. The van der Waals surface area contributed by atoms with Gasteiger partial charge in [-0.2, -0.15) is 0 Å². The van der Waals surface area contributed by atoms with Crippen LogP contribution in [0.1, 0.15) is 55.1 Å². The van der Waals surface area contributed by atoms with Gasteiger partial charge in [-0.1, -0.05) is 26.8 Å². The molecule has 1 saturated heterocycles. The number of nitrogens with zero attached hydrogens (tertiary/aromatic N) is 4. The summed E-state index contributed by atoms with van der Waals surface area (Å²) in [6.07, 6.45) is 6.60. The van der Waals surface area contributed by atoms with Crippen LogP contribution in [0, 0.1) is 23.2 Å². The molecule has 41 heavy (non-hydrogen) atoms. The third kappa shape index (κ3) is 5.35. The number of hydrogen-bond donors (Lipinski definition) is 2. The van der Waals surface area contributed by atoms with Crippen molar-refractivity contribution in [2.24, 2.45) is 28.2 Å². The van der Waals surface area contributed by atoms with Crippen LogP contribution in [0.4, 0.5) is 5.69 Å². The van der Waals surface area contributed by atoms with Crippen molar-refractivity contribution in [1.82, 2.24) is 20.2 Å². The molecule has 5 aliphatic rings. The van der Waals surface area contributed by atoms with Crippen LogP contribution < -0.4 is 15.5 Å². The Kier molecular flexibility index (Phi) is 7.55. The molecule has 218 valence electrons. The molecule has 2 bridgehead atoms. The first-order valence-electron chi connectivity index (χ1n) is 15.0. The van der Waals surface area contributed by atoms with Crippen LogP contribution >= 0.6 is 0 Å². The monoisotopic (exact) mass is 556 g/mol. The summed E-state index contributed by atoms with van der Waals surface area (Å²) in [5.74, 6) is 4.06. The molecule has 4 fully saturated rings. The summed E-state index contributed by atoms with van der Waals surface area (Å²) in [5.41, 5.74) is 7.73. The van der Waals surface area contributed by atoms with Gasteiger partial charge in [0.15, 0.2) is 0 Å². The maximum atomic E-state index is 13.2. The van der Waals surface area contributed by atoms with E-state index in [1.54, 1.807) is 19.1 Å². The molecule has 1 amide bonds. The number of carbonyl (C=O) groups is 1. The van der Waals surface area contributed by atoms with Crippen LogP contribution in [-0.2, 0) is 6.54 Å². The average molecular weight is 557 g/mol. The molecule has 8 nitrogen and oxygen atoms in total. The number of carbonyl (C=O) groups excluding carboxylic acids is 1. The minimum atomic E-state index is -0.0252. The van der Waals surface area contributed by atoms with Crippen LogP contribution in [0.3, 0.4) is 0 Å². The Balaban J connectivity index is 0.994. The molecular weight excluding hydrogens is 512 g/mol. The lowest BCUT2D eigenvalue weighted by Gasteiger charge is -2.64. The fourth-order valence-electron chi connectivity index (χ4n) is 7.60. The van der Waals surface area contributed by atoms with E-state index in [-0.39, 0.29) is 5.91 Å². The first-order valence-corrected chi connectivity index (χ1v) is 15.0. The number of aliphatic imine (C=N–C) groups is 1. The topological polar surface area (TPSA) is 72.4 Å². The normalized spacial score (nSPS) is 27.5. The lowest BCUT2D eigenvalue weighted by atomic mass is 9.44. The third-order valence-corrected chi connectivity index (χ3v) is 10.4. The molecule has 8 heteroatoms. The molecule has 0 radical (unpaired) electrons. The largest absolute Gasteiger partial charge is 0.497 e. The zero-order valence-corrected chi connectivity index (χ0v) is 25.1. The molecule has 0 aromatic heterocycles. The maximum absolute atomic E-state index is 13.2. The minimum absolute atomic E-state index is 0.0252. The summed E-state index contributed by atoms with van der Waals surface area (Å²) < 4.78 is 5.32. The Morgan fingerprint density at radius 1 is 1.05 bits per heavy atom.